The normalized spacial score (nSPS) is 10.4. The lowest BCUT2D eigenvalue weighted by atomic mass is 10.1. The van der Waals surface area contributed by atoms with Crippen molar-refractivity contribution in [2.75, 3.05) is 18.5 Å². The maximum Gasteiger partial charge on any atom is 0.348 e. The number of H-pyrrole nitrogens is 1. The molecular weight excluding hydrogens is 392 g/mol. The molecule has 0 aromatic carbocycles. The van der Waals surface area contributed by atoms with Gasteiger partial charge in [0.2, 0.25) is 5.69 Å². The fourth-order valence-corrected chi connectivity index (χ4v) is 3.34. The van der Waals surface area contributed by atoms with E-state index in [1.165, 1.54) is 6.92 Å². The van der Waals surface area contributed by atoms with Crippen LogP contribution in [0, 0.1) is 17.0 Å². The van der Waals surface area contributed by atoms with Crippen molar-refractivity contribution in [2.45, 2.75) is 27.2 Å². The van der Waals surface area contributed by atoms with Gasteiger partial charge in [0.1, 0.15) is 16.1 Å². The Morgan fingerprint density at radius 2 is 2.00 bits per heavy atom. The molecule has 0 aliphatic carbocycles. The van der Waals surface area contributed by atoms with Crippen LogP contribution >= 0.6 is 11.3 Å². The predicted octanol–water partition coefficient (Wildman–Crippen LogP) is 2.68. The summed E-state index contributed by atoms with van der Waals surface area (Å²) < 4.78 is 10.1. The van der Waals surface area contributed by atoms with Crippen LogP contribution in [-0.2, 0) is 9.47 Å². The van der Waals surface area contributed by atoms with Crippen molar-refractivity contribution in [2.24, 2.45) is 0 Å². The number of rotatable bonds is 8. The van der Waals surface area contributed by atoms with E-state index in [2.05, 4.69) is 15.5 Å². The topological polar surface area (TPSA) is 154 Å². The number of esters is 2. The summed E-state index contributed by atoms with van der Waals surface area (Å²) in [5.41, 5.74) is -0.621. The molecular formula is C16H18N4O7S. The lowest BCUT2D eigenvalue weighted by molar-refractivity contribution is -0.385. The van der Waals surface area contributed by atoms with E-state index in [0.29, 0.717) is 12.0 Å². The third-order valence-corrected chi connectivity index (χ3v) is 4.71. The molecule has 0 aliphatic heterocycles. The van der Waals surface area contributed by atoms with Gasteiger partial charge in [-0.3, -0.25) is 20.0 Å². The third kappa shape index (κ3) is 4.34. The van der Waals surface area contributed by atoms with Crippen LogP contribution in [0.4, 0.5) is 10.7 Å². The first kappa shape index (κ1) is 21.0. The zero-order chi connectivity index (χ0) is 20.8. The number of aromatic amines is 1. The molecule has 0 radical (unpaired) electrons. The molecule has 0 saturated carbocycles. The summed E-state index contributed by atoms with van der Waals surface area (Å²) in [7, 11) is 0. The number of anilines is 1. The number of ether oxygens (including phenoxy) is 2. The average Bonchev–Trinajstić information content (AvgIpc) is 3.25. The Hall–Kier alpha value is -3.28. The number of carbonyl (C=O) groups excluding carboxylic acids is 3. The van der Waals surface area contributed by atoms with E-state index in [9.17, 15) is 24.5 Å². The summed E-state index contributed by atoms with van der Waals surface area (Å²) in [5.74, 6) is -2.26. The third-order valence-electron chi connectivity index (χ3n) is 3.52. The van der Waals surface area contributed by atoms with E-state index in [1.807, 2.05) is 6.92 Å². The van der Waals surface area contributed by atoms with E-state index in [0.717, 1.165) is 17.5 Å². The second-order valence-electron chi connectivity index (χ2n) is 5.46. The van der Waals surface area contributed by atoms with E-state index < -0.39 is 28.5 Å². The molecule has 2 heterocycles. The number of nitrogens with zero attached hydrogens (tertiary/aromatic N) is 2. The van der Waals surface area contributed by atoms with Gasteiger partial charge in [-0.15, -0.1) is 11.3 Å². The van der Waals surface area contributed by atoms with E-state index >= 15 is 0 Å². The number of carbonyl (C=O) groups is 3. The average molecular weight is 410 g/mol. The molecule has 28 heavy (non-hydrogen) atoms. The van der Waals surface area contributed by atoms with Crippen molar-refractivity contribution >= 4 is 39.9 Å². The minimum Gasteiger partial charge on any atom is -0.462 e. The standard InChI is InChI=1S/C16H18N4O7S/c1-4-6-27-15(22)10-8(3)12(16(23)26-5-2)28-14(10)18-13(21)11-9(20(24)25)7-17-19-11/h7H,4-6H2,1-3H3,(H,17,19)(H,18,21). The highest BCUT2D eigenvalue weighted by atomic mass is 32.1. The highest BCUT2D eigenvalue weighted by Crippen LogP contribution is 2.35. The van der Waals surface area contributed by atoms with Gasteiger partial charge in [0.05, 0.1) is 23.7 Å². The Morgan fingerprint density at radius 1 is 1.29 bits per heavy atom. The fourth-order valence-electron chi connectivity index (χ4n) is 2.26. The summed E-state index contributed by atoms with van der Waals surface area (Å²) in [4.78, 5) is 47.4. The van der Waals surface area contributed by atoms with Gasteiger partial charge in [0.25, 0.3) is 5.91 Å². The van der Waals surface area contributed by atoms with E-state index in [4.69, 9.17) is 9.47 Å². The van der Waals surface area contributed by atoms with Crippen LogP contribution in [0.15, 0.2) is 6.20 Å². The maximum atomic E-state index is 12.5. The lowest BCUT2D eigenvalue weighted by Gasteiger charge is -2.07. The minimum atomic E-state index is -0.884. The van der Waals surface area contributed by atoms with Crippen molar-refractivity contribution in [3.63, 3.8) is 0 Å². The van der Waals surface area contributed by atoms with Crippen LogP contribution in [0.1, 0.15) is 56.3 Å². The van der Waals surface area contributed by atoms with Crippen molar-refractivity contribution in [1.82, 2.24) is 10.2 Å². The molecule has 1 amide bonds. The van der Waals surface area contributed by atoms with Crippen LogP contribution in [0.25, 0.3) is 0 Å². The monoisotopic (exact) mass is 410 g/mol. The molecule has 0 unspecified atom stereocenters. The van der Waals surface area contributed by atoms with Gasteiger partial charge in [-0.2, -0.15) is 5.10 Å². The Kier molecular flexibility index (Phi) is 6.82. The Bertz CT molecular complexity index is 918. The van der Waals surface area contributed by atoms with Crippen molar-refractivity contribution in [3.05, 3.63) is 38.0 Å². The SMILES string of the molecule is CCCOC(=O)c1c(NC(=O)c2[nH]ncc2[N+](=O)[O-])sc(C(=O)OCC)c1C. The second-order valence-corrected chi connectivity index (χ2v) is 6.48. The fraction of sp³-hybridized carbons (Fsp3) is 0.375. The first-order valence-corrected chi connectivity index (χ1v) is 9.10. The molecule has 2 aromatic heterocycles. The van der Waals surface area contributed by atoms with E-state index in [1.54, 1.807) is 6.92 Å². The highest BCUT2D eigenvalue weighted by molar-refractivity contribution is 7.18. The molecule has 2 rings (SSSR count). The van der Waals surface area contributed by atoms with Crippen LogP contribution in [0.2, 0.25) is 0 Å². The molecule has 0 saturated heterocycles. The number of aromatic nitrogens is 2. The van der Waals surface area contributed by atoms with Crippen LogP contribution < -0.4 is 5.32 Å². The molecule has 0 fully saturated rings. The number of nitro groups is 1. The zero-order valence-electron chi connectivity index (χ0n) is 15.4. The van der Waals surface area contributed by atoms with Crippen molar-refractivity contribution < 1.29 is 28.8 Å². The maximum absolute atomic E-state index is 12.5. The van der Waals surface area contributed by atoms with Gasteiger partial charge in [-0.1, -0.05) is 6.92 Å². The number of hydrogen-bond donors (Lipinski definition) is 2. The van der Waals surface area contributed by atoms with Gasteiger partial charge in [-0.05, 0) is 25.8 Å². The number of amides is 1. The number of thiophene rings is 1. The summed E-state index contributed by atoms with van der Waals surface area (Å²) in [6.07, 6.45) is 1.48. The van der Waals surface area contributed by atoms with Gasteiger partial charge in [-0.25, -0.2) is 9.59 Å². The number of nitrogens with one attached hydrogen (secondary N) is 2. The Balaban J connectivity index is 2.43. The van der Waals surface area contributed by atoms with Gasteiger partial charge < -0.3 is 14.8 Å². The summed E-state index contributed by atoms with van der Waals surface area (Å²) in [6.45, 7) is 5.27. The molecule has 12 heteroatoms. The van der Waals surface area contributed by atoms with Gasteiger partial charge >= 0.3 is 17.6 Å². The molecule has 11 nitrogen and oxygen atoms in total. The Labute approximate surface area is 163 Å². The lowest BCUT2D eigenvalue weighted by Crippen LogP contribution is -2.16. The van der Waals surface area contributed by atoms with Gasteiger partial charge in [0, 0.05) is 0 Å². The largest absolute Gasteiger partial charge is 0.462 e. The van der Waals surface area contributed by atoms with Crippen molar-refractivity contribution in [3.8, 4) is 0 Å². The summed E-state index contributed by atoms with van der Waals surface area (Å²) in [6, 6.07) is 0. The van der Waals surface area contributed by atoms with Crippen LogP contribution in [0.5, 0.6) is 0 Å². The molecule has 0 aliphatic rings. The molecule has 2 N–H and O–H groups in total. The zero-order valence-corrected chi connectivity index (χ0v) is 16.2. The van der Waals surface area contributed by atoms with Crippen molar-refractivity contribution in [1.29, 1.82) is 0 Å². The molecule has 0 bridgehead atoms. The first-order valence-electron chi connectivity index (χ1n) is 8.28. The Morgan fingerprint density at radius 3 is 2.61 bits per heavy atom. The first-order chi connectivity index (χ1) is 13.3. The smallest absolute Gasteiger partial charge is 0.348 e. The van der Waals surface area contributed by atoms with E-state index in [-0.39, 0.29) is 34.3 Å². The van der Waals surface area contributed by atoms with Gasteiger partial charge in [0.15, 0.2) is 0 Å². The highest BCUT2D eigenvalue weighted by Gasteiger charge is 2.29. The summed E-state index contributed by atoms with van der Waals surface area (Å²) >= 11 is 0.824. The minimum absolute atomic E-state index is 0.00276. The quantitative estimate of drug-likeness (QED) is 0.382. The molecule has 0 atom stereocenters. The second kappa shape index (κ2) is 9.08. The van der Waals surface area contributed by atoms with Crippen LogP contribution in [0.3, 0.4) is 0 Å². The summed E-state index contributed by atoms with van der Waals surface area (Å²) in [5, 5.41) is 19.2. The van der Waals surface area contributed by atoms with Crippen LogP contribution in [-0.4, -0.2) is 46.2 Å². The predicted molar refractivity (Wildman–Crippen MR) is 98.8 cm³/mol. The molecule has 2 aromatic rings. The molecule has 150 valence electrons. The number of hydrogen-bond acceptors (Lipinski definition) is 9. The molecule has 0 spiro atoms.